The molecule has 3 N–H and O–H groups in total. The smallest absolute Gasteiger partial charge is 0.406 e. The average Bonchev–Trinajstić information content (AvgIpc) is 2.57. The van der Waals surface area contributed by atoms with Crippen molar-refractivity contribution < 1.29 is 35.7 Å². The van der Waals surface area contributed by atoms with E-state index in [1.807, 2.05) is 24.3 Å². The maximum Gasteiger partial charge on any atom is 0.573 e. The Balaban J connectivity index is 0.000000749. The minimum Gasteiger partial charge on any atom is -0.406 e. The lowest BCUT2D eigenvalue weighted by molar-refractivity contribution is -0.274. The van der Waals surface area contributed by atoms with Crippen LogP contribution in [0.1, 0.15) is 18.9 Å². The molecule has 2 aromatic rings. The maximum absolute atomic E-state index is 12.3. The minimum absolute atomic E-state index is 0.194. The average molecular weight is 433 g/mol. The van der Waals surface area contributed by atoms with E-state index in [1.54, 1.807) is 13.0 Å². The van der Waals surface area contributed by atoms with E-state index in [1.165, 1.54) is 18.2 Å². The first-order valence-electron chi connectivity index (χ1n) is 8.41. The van der Waals surface area contributed by atoms with Gasteiger partial charge in [0.05, 0.1) is 6.26 Å². The van der Waals surface area contributed by atoms with Crippen LogP contribution >= 0.6 is 0 Å². The first kappa shape index (κ1) is 24.4. The molecule has 29 heavy (non-hydrogen) atoms. The highest BCUT2D eigenvalue weighted by atomic mass is 32.2. The molecule has 0 aliphatic carbocycles. The van der Waals surface area contributed by atoms with E-state index >= 15 is 0 Å². The summed E-state index contributed by atoms with van der Waals surface area (Å²) in [6.45, 7) is 1.78. The Kier molecular flexibility index (Phi) is 8.65. The summed E-state index contributed by atoms with van der Waals surface area (Å²) >= 11 is 0. The van der Waals surface area contributed by atoms with Gasteiger partial charge in [-0.2, -0.15) is 8.42 Å². The monoisotopic (exact) mass is 433 g/mol. The molecule has 2 aromatic carbocycles. The first-order chi connectivity index (χ1) is 13.2. The highest BCUT2D eigenvalue weighted by molar-refractivity contribution is 7.85. The molecular formula is C19H22F3NO5S. The second-order valence-electron chi connectivity index (χ2n) is 6.35. The Morgan fingerprint density at radius 2 is 1.69 bits per heavy atom. The largest absolute Gasteiger partial charge is 0.573 e. The lowest BCUT2D eigenvalue weighted by Crippen LogP contribution is -2.20. The van der Waals surface area contributed by atoms with Crippen LogP contribution in [0.5, 0.6) is 5.75 Å². The number of aryl methyl sites for hydroxylation is 1. The zero-order chi connectivity index (χ0) is 22.2. The summed E-state index contributed by atoms with van der Waals surface area (Å²) in [7, 11) is -3.67. The third kappa shape index (κ3) is 11.1. The number of benzene rings is 2. The molecular weight excluding hydrogens is 411 g/mol. The van der Waals surface area contributed by atoms with Gasteiger partial charge in [0.15, 0.2) is 0 Å². The molecule has 0 radical (unpaired) electrons. The summed E-state index contributed by atoms with van der Waals surface area (Å²) in [6.07, 6.45) is -2.63. The van der Waals surface area contributed by atoms with Crippen molar-refractivity contribution in [3.05, 3.63) is 54.1 Å². The third-order valence-corrected chi connectivity index (χ3v) is 3.71. The van der Waals surface area contributed by atoms with Crippen LogP contribution in [0.4, 0.5) is 13.2 Å². The molecule has 0 saturated heterocycles. The van der Waals surface area contributed by atoms with E-state index in [2.05, 4.69) is 4.74 Å². The quantitative estimate of drug-likeness (QED) is 0.674. The van der Waals surface area contributed by atoms with Crippen LogP contribution in [0, 0.1) is 5.92 Å². The SMILES string of the molecule is CS(=O)(=O)O.C[C@H](CCc1ccc(-c2cccc(OC(F)(F)F)c2)cc1)C(N)=O. The van der Waals surface area contributed by atoms with Crippen LogP contribution in [0.3, 0.4) is 0 Å². The van der Waals surface area contributed by atoms with Gasteiger partial charge in [-0.25, -0.2) is 0 Å². The van der Waals surface area contributed by atoms with Gasteiger partial charge in [-0.05, 0) is 41.7 Å². The van der Waals surface area contributed by atoms with Crippen molar-refractivity contribution in [1.29, 1.82) is 0 Å². The highest BCUT2D eigenvalue weighted by Gasteiger charge is 2.31. The lowest BCUT2D eigenvalue weighted by Gasteiger charge is -2.11. The topological polar surface area (TPSA) is 107 Å². The van der Waals surface area contributed by atoms with E-state index in [4.69, 9.17) is 10.3 Å². The maximum atomic E-state index is 12.3. The summed E-state index contributed by atoms with van der Waals surface area (Å²) in [4.78, 5) is 11.0. The van der Waals surface area contributed by atoms with Crippen LogP contribution in [-0.4, -0.2) is 31.5 Å². The van der Waals surface area contributed by atoms with Crippen LogP contribution < -0.4 is 10.5 Å². The zero-order valence-corrected chi connectivity index (χ0v) is 16.6. The second kappa shape index (κ2) is 10.3. The zero-order valence-electron chi connectivity index (χ0n) is 15.8. The van der Waals surface area contributed by atoms with E-state index in [0.717, 1.165) is 11.1 Å². The second-order valence-corrected chi connectivity index (χ2v) is 7.81. The standard InChI is InChI=1S/C18H18F3NO2.CH4O3S/c1-12(17(22)23)5-6-13-7-9-14(10-8-13)15-3-2-4-16(11-15)24-18(19,20)21;1-5(2,3)4/h2-4,7-12H,5-6H2,1H3,(H2,22,23);1H3,(H,2,3,4)/t12-;/m1./s1. The van der Waals surface area contributed by atoms with Crippen LogP contribution in [0.2, 0.25) is 0 Å². The predicted molar refractivity (Wildman–Crippen MR) is 103 cm³/mol. The highest BCUT2D eigenvalue weighted by Crippen LogP contribution is 2.28. The Hall–Kier alpha value is -2.59. The molecule has 1 atom stereocenters. The van der Waals surface area contributed by atoms with Gasteiger partial charge >= 0.3 is 6.36 Å². The number of carbonyl (C=O) groups excluding carboxylic acids is 1. The fraction of sp³-hybridized carbons (Fsp3) is 0.316. The number of hydrogen-bond donors (Lipinski definition) is 2. The minimum atomic E-state index is -4.71. The van der Waals surface area contributed by atoms with Crippen molar-refractivity contribution in [3.63, 3.8) is 0 Å². The summed E-state index contributed by atoms with van der Waals surface area (Å²) < 4.78 is 66.6. The van der Waals surface area contributed by atoms with Crippen molar-refractivity contribution in [1.82, 2.24) is 0 Å². The van der Waals surface area contributed by atoms with Gasteiger partial charge in [0.1, 0.15) is 5.75 Å². The fourth-order valence-electron chi connectivity index (χ4n) is 2.26. The van der Waals surface area contributed by atoms with Gasteiger partial charge in [-0.3, -0.25) is 9.35 Å². The fourth-order valence-corrected chi connectivity index (χ4v) is 2.26. The van der Waals surface area contributed by atoms with Gasteiger partial charge in [-0.15, -0.1) is 13.2 Å². The van der Waals surface area contributed by atoms with Gasteiger partial charge in [0.25, 0.3) is 10.1 Å². The normalized spacial score (nSPS) is 12.5. The van der Waals surface area contributed by atoms with Crippen LogP contribution in [0.15, 0.2) is 48.5 Å². The summed E-state index contributed by atoms with van der Waals surface area (Å²) in [6, 6.07) is 13.3. The molecule has 0 saturated carbocycles. The van der Waals surface area contributed by atoms with Gasteiger partial charge < -0.3 is 10.5 Å². The number of halogens is 3. The van der Waals surface area contributed by atoms with E-state index in [0.29, 0.717) is 24.7 Å². The van der Waals surface area contributed by atoms with E-state index in [-0.39, 0.29) is 17.6 Å². The number of amides is 1. The molecule has 0 aromatic heterocycles. The molecule has 0 fully saturated rings. The number of ether oxygens (including phenoxy) is 1. The van der Waals surface area contributed by atoms with Crippen LogP contribution in [0.25, 0.3) is 11.1 Å². The molecule has 1 amide bonds. The Morgan fingerprint density at radius 1 is 1.14 bits per heavy atom. The van der Waals surface area contributed by atoms with Crippen LogP contribution in [-0.2, 0) is 21.3 Å². The van der Waals surface area contributed by atoms with Crippen molar-refractivity contribution in [3.8, 4) is 16.9 Å². The summed E-state index contributed by atoms with van der Waals surface area (Å²) in [5, 5.41) is 0. The summed E-state index contributed by atoms with van der Waals surface area (Å²) in [5.74, 6) is -0.770. The number of hydrogen-bond acceptors (Lipinski definition) is 4. The van der Waals surface area contributed by atoms with Crippen molar-refractivity contribution in [2.24, 2.45) is 11.7 Å². The Bertz CT molecular complexity index is 904. The molecule has 2 rings (SSSR count). The van der Waals surface area contributed by atoms with Gasteiger partial charge in [0, 0.05) is 5.92 Å². The number of primary amides is 1. The number of nitrogens with two attached hydrogens (primary N) is 1. The summed E-state index contributed by atoms with van der Waals surface area (Å²) in [5.41, 5.74) is 7.68. The Labute approximate surface area is 167 Å². The predicted octanol–water partition coefficient (Wildman–Crippen LogP) is 3.81. The van der Waals surface area contributed by atoms with E-state index < -0.39 is 16.5 Å². The molecule has 10 heteroatoms. The van der Waals surface area contributed by atoms with Crippen molar-refractivity contribution in [2.45, 2.75) is 26.1 Å². The lowest BCUT2D eigenvalue weighted by atomic mass is 9.98. The van der Waals surface area contributed by atoms with Crippen molar-refractivity contribution in [2.75, 3.05) is 6.26 Å². The molecule has 0 aliphatic rings. The van der Waals surface area contributed by atoms with Gasteiger partial charge in [-0.1, -0.05) is 43.3 Å². The molecule has 0 spiro atoms. The number of rotatable bonds is 6. The number of alkyl halides is 3. The Morgan fingerprint density at radius 3 is 2.17 bits per heavy atom. The molecule has 0 heterocycles. The van der Waals surface area contributed by atoms with Crippen molar-refractivity contribution >= 4 is 16.0 Å². The molecule has 6 nitrogen and oxygen atoms in total. The first-order valence-corrected chi connectivity index (χ1v) is 10.3. The number of carbonyl (C=O) groups is 1. The molecule has 0 bridgehead atoms. The molecule has 0 aliphatic heterocycles. The van der Waals surface area contributed by atoms with Gasteiger partial charge in [0.2, 0.25) is 5.91 Å². The third-order valence-electron chi connectivity index (χ3n) is 3.71. The molecule has 0 unspecified atom stereocenters. The van der Waals surface area contributed by atoms with E-state index in [9.17, 15) is 26.4 Å². The molecule has 160 valence electrons.